The third kappa shape index (κ3) is 4.12. The fourth-order valence-corrected chi connectivity index (χ4v) is 6.31. The average Bonchev–Trinajstić information content (AvgIpc) is 3.50. The molecule has 0 fully saturated rings. The van der Waals surface area contributed by atoms with Crippen molar-refractivity contribution in [1.29, 1.82) is 0 Å². The summed E-state index contributed by atoms with van der Waals surface area (Å²) < 4.78 is 1.28. The summed E-state index contributed by atoms with van der Waals surface area (Å²) >= 11 is 1.82. The summed E-state index contributed by atoms with van der Waals surface area (Å²) in [7, 11) is 0. The van der Waals surface area contributed by atoms with Crippen molar-refractivity contribution in [2.45, 2.75) is 33.6 Å². The lowest BCUT2D eigenvalue weighted by molar-refractivity contribution is 1.03. The largest absolute Gasteiger partial charge is 0.255 e. The van der Waals surface area contributed by atoms with Crippen molar-refractivity contribution in [3.05, 3.63) is 126 Å². The number of rotatable bonds is 4. The third-order valence-corrected chi connectivity index (χ3v) is 7.61. The minimum Gasteiger partial charge on any atom is -0.255 e. The Bertz CT molecular complexity index is 1480. The van der Waals surface area contributed by atoms with Crippen molar-refractivity contribution >= 4 is 33.6 Å². The standard InChI is InChI=1S/C30H21NS.2C2H6/c1-3-19-17-18-31-29(20(19)4-2)30-28(25-15-9-10-16-26(25)32-30)27-23-13-7-5-11-21(23)22-12-6-8-14-24(22)27;2*1-2/h3-18,27H,1-2H2;2*1-2H3. The smallest absolute Gasteiger partial charge is 0.0883 e. The zero-order valence-electron chi connectivity index (χ0n) is 21.6. The first-order valence-corrected chi connectivity index (χ1v) is 13.6. The molecule has 0 unspecified atom stereocenters. The van der Waals surface area contributed by atoms with Crippen molar-refractivity contribution in [2.24, 2.45) is 0 Å². The lowest BCUT2D eigenvalue weighted by Gasteiger charge is -2.17. The van der Waals surface area contributed by atoms with E-state index in [4.69, 9.17) is 4.98 Å². The van der Waals surface area contributed by atoms with Gasteiger partial charge >= 0.3 is 0 Å². The highest BCUT2D eigenvalue weighted by Crippen LogP contribution is 2.54. The second-order valence-electron chi connectivity index (χ2n) is 8.02. The summed E-state index contributed by atoms with van der Waals surface area (Å²) in [5, 5.41) is 1.30. The highest BCUT2D eigenvalue weighted by atomic mass is 32.1. The van der Waals surface area contributed by atoms with E-state index in [9.17, 15) is 0 Å². The molecule has 0 saturated carbocycles. The van der Waals surface area contributed by atoms with E-state index in [0.29, 0.717) is 0 Å². The van der Waals surface area contributed by atoms with Crippen LogP contribution in [0.4, 0.5) is 0 Å². The van der Waals surface area contributed by atoms with Crippen LogP contribution in [0.15, 0.2) is 98.2 Å². The van der Waals surface area contributed by atoms with Gasteiger partial charge < -0.3 is 0 Å². The third-order valence-electron chi connectivity index (χ3n) is 6.42. The molecule has 2 heterocycles. The second kappa shape index (κ2) is 11.3. The number of thiophene rings is 1. The molecule has 2 heteroatoms. The lowest BCUT2D eigenvalue weighted by Crippen LogP contribution is -2.01. The molecule has 0 aliphatic heterocycles. The van der Waals surface area contributed by atoms with Gasteiger partial charge in [-0.1, -0.05) is 120 Å². The molecule has 0 saturated heterocycles. The molecule has 0 radical (unpaired) electrons. The Hall–Kier alpha value is -3.75. The molecular formula is C34H33NS. The van der Waals surface area contributed by atoms with E-state index in [1.807, 2.05) is 63.4 Å². The van der Waals surface area contributed by atoms with Crippen molar-refractivity contribution in [2.75, 3.05) is 0 Å². The van der Waals surface area contributed by atoms with Gasteiger partial charge in [0.05, 0.1) is 10.6 Å². The van der Waals surface area contributed by atoms with Crippen LogP contribution in [0.1, 0.15) is 61.4 Å². The van der Waals surface area contributed by atoms with Gasteiger partial charge in [-0.15, -0.1) is 11.3 Å². The van der Waals surface area contributed by atoms with Crippen molar-refractivity contribution in [3.8, 4) is 21.7 Å². The first-order valence-electron chi connectivity index (χ1n) is 12.8. The highest BCUT2D eigenvalue weighted by molar-refractivity contribution is 7.22. The maximum atomic E-state index is 4.86. The molecule has 3 aromatic carbocycles. The van der Waals surface area contributed by atoms with Crippen LogP contribution in [0.5, 0.6) is 0 Å². The predicted octanol–water partition coefficient (Wildman–Crippen LogP) is 10.5. The number of hydrogen-bond acceptors (Lipinski definition) is 2. The monoisotopic (exact) mass is 487 g/mol. The molecule has 1 aliphatic carbocycles. The van der Waals surface area contributed by atoms with E-state index in [-0.39, 0.29) is 5.92 Å². The van der Waals surface area contributed by atoms with Crippen LogP contribution in [0.3, 0.4) is 0 Å². The Morgan fingerprint density at radius 2 is 1.31 bits per heavy atom. The number of aromatic nitrogens is 1. The first kappa shape index (κ1) is 25.3. The molecule has 0 N–H and O–H groups in total. The van der Waals surface area contributed by atoms with E-state index >= 15 is 0 Å². The Morgan fingerprint density at radius 3 is 1.92 bits per heavy atom. The van der Waals surface area contributed by atoms with E-state index < -0.39 is 0 Å². The number of pyridine rings is 1. The van der Waals surface area contributed by atoms with Crippen LogP contribution in [-0.2, 0) is 0 Å². The Balaban J connectivity index is 0.000000726. The minimum absolute atomic E-state index is 0.167. The maximum Gasteiger partial charge on any atom is 0.0883 e. The van der Waals surface area contributed by atoms with E-state index in [0.717, 1.165) is 16.8 Å². The van der Waals surface area contributed by atoms with Crippen molar-refractivity contribution in [1.82, 2.24) is 4.98 Å². The van der Waals surface area contributed by atoms with Gasteiger partial charge in [0.1, 0.15) is 0 Å². The minimum atomic E-state index is 0.167. The summed E-state index contributed by atoms with van der Waals surface area (Å²) in [5.74, 6) is 0.167. The van der Waals surface area contributed by atoms with E-state index in [1.165, 1.54) is 42.8 Å². The zero-order valence-corrected chi connectivity index (χ0v) is 22.4. The van der Waals surface area contributed by atoms with Gasteiger partial charge in [0, 0.05) is 22.4 Å². The zero-order chi connectivity index (χ0) is 25.7. The fourth-order valence-electron chi connectivity index (χ4n) is 5.06. The van der Waals surface area contributed by atoms with Crippen LogP contribution in [0, 0.1) is 0 Å². The maximum absolute atomic E-state index is 4.86. The topological polar surface area (TPSA) is 12.9 Å². The lowest BCUT2D eigenvalue weighted by atomic mass is 9.86. The van der Waals surface area contributed by atoms with Crippen molar-refractivity contribution < 1.29 is 0 Å². The molecule has 0 atom stereocenters. The van der Waals surface area contributed by atoms with Gasteiger partial charge in [0.25, 0.3) is 0 Å². The predicted molar refractivity (Wildman–Crippen MR) is 161 cm³/mol. The normalized spacial score (nSPS) is 11.4. The molecule has 1 nitrogen and oxygen atoms in total. The van der Waals surface area contributed by atoms with Gasteiger partial charge in [-0.2, -0.15) is 0 Å². The van der Waals surface area contributed by atoms with Crippen LogP contribution < -0.4 is 0 Å². The number of hydrogen-bond donors (Lipinski definition) is 0. The Labute approximate surface area is 219 Å². The molecule has 5 aromatic rings. The second-order valence-corrected chi connectivity index (χ2v) is 9.07. The molecule has 36 heavy (non-hydrogen) atoms. The SMILES string of the molecule is C=Cc1ccnc(-c2sc3ccccc3c2C2c3ccccc3-c3ccccc32)c1C=C.CC.CC. The Morgan fingerprint density at radius 1 is 0.722 bits per heavy atom. The summed E-state index contributed by atoms with van der Waals surface area (Å²) in [4.78, 5) is 6.07. The Kier molecular flexibility index (Phi) is 7.97. The summed E-state index contributed by atoms with van der Waals surface area (Å²) in [6.07, 6.45) is 5.67. The molecule has 0 spiro atoms. The van der Waals surface area contributed by atoms with Gasteiger partial charge in [-0.25, -0.2) is 0 Å². The van der Waals surface area contributed by atoms with Crippen LogP contribution in [0.25, 0.3) is 43.9 Å². The number of nitrogens with zero attached hydrogens (tertiary/aromatic N) is 1. The summed E-state index contributed by atoms with van der Waals surface area (Å²) in [5.41, 5.74) is 9.78. The number of benzene rings is 3. The summed E-state index contributed by atoms with van der Waals surface area (Å²) in [6.45, 7) is 16.1. The van der Waals surface area contributed by atoms with Gasteiger partial charge in [0.15, 0.2) is 0 Å². The molecule has 0 bridgehead atoms. The van der Waals surface area contributed by atoms with E-state index in [2.05, 4.69) is 86.0 Å². The highest BCUT2D eigenvalue weighted by Gasteiger charge is 2.34. The molecule has 2 aromatic heterocycles. The molecule has 0 amide bonds. The van der Waals surface area contributed by atoms with Crippen LogP contribution in [-0.4, -0.2) is 4.98 Å². The quantitative estimate of drug-likeness (QED) is 0.241. The average molecular weight is 488 g/mol. The molecular weight excluding hydrogens is 454 g/mol. The van der Waals surface area contributed by atoms with Gasteiger partial charge in [0.2, 0.25) is 0 Å². The van der Waals surface area contributed by atoms with Gasteiger partial charge in [-0.05, 0) is 50.9 Å². The van der Waals surface area contributed by atoms with Gasteiger partial charge in [-0.3, -0.25) is 4.98 Å². The van der Waals surface area contributed by atoms with E-state index in [1.54, 1.807) is 0 Å². The molecule has 1 aliphatic rings. The summed E-state index contributed by atoms with van der Waals surface area (Å²) in [6, 6.07) is 28.3. The molecule has 180 valence electrons. The first-order chi connectivity index (χ1) is 17.8. The van der Waals surface area contributed by atoms with Crippen molar-refractivity contribution in [3.63, 3.8) is 0 Å². The molecule has 6 rings (SSSR count). The number of fused-ring (bicyclic) bond motifs is 4. The van der Waals surface area contributed by atoms with Crippen LogP contribution >= 0.6 is 11.3 Å². The fraction of sp³-hybridized carbons (Fsp3) is 0.147. The van der Waals surface area contributed by atoms with Crippen LogP contribution in [0.2, 0.25) is 0 Å².